The summed E-state index contributed by atoms with van der Waals surface area (Å²) in [5, 5.41) is 0. The van der Waals surface area contributed by atoms with Crippen molar-refractivity contribution in [3.8, 4) is 17.2 Å². The summed E-state index contributed by atoms with van der Waals surface area (Å²) in [6, 6.07) is 4.67. The van der Waals surface area contributed by atoms with E-state index in [9.17, 15) is 0 Å². The fourth-order valence-corrected chi connectivity index (χ4v) is 3.56. The number of likely N-dealkylation sites (N-methyl/N-ethyl adjacent to an activating group) is 1. The number of nitrogens with zero attached hydrogens (tertiary/aromatic N) is 2. The second kappa shape index (κ2) is 8.55. The van der Waals surface area contributed by atoms with Crippen molar-refractivity contribution in [3.05, 3.63) is 17.7 Å². The van der Waals surface area contributed by atoms with Crippen molar-refractivity contribution in [1.82, 2.24) is 9.80 Å². The van der Waals surface area contributed by atoms with E-state index in [0.29, 0.717) is 29.8 Å². The molecule has 6 heteroatoms. The van der Waals surface area contributed by atoms with Crippen molar-refractivity contribution in [2.24, 2.45) is 5.73 Å². The molecule has 0 amide bonds. The molecule has 0 aliphatic carbocycles. The smallest absolute Gasteiger partial charge is 0.203 e. The Balaban J connectivity index is 2.39. The molecule has 24 heavy (non-hydrogen) atoms. The first kappa shape index (κ1) is 18.8. The van der Waals surface area contributed by atoms with Crippen molar-refractivity contribution in [3.63, 3.8) is 0 Å². The SMILES string of the molecule is CCC1CN(C)CCN1C(CN)c1cc(OC)c(OC)c(OC)c1. The van der Waals surface area contributed by atoms with Gasteiger partial charge >= 0.3 is 0 Å². The number of benzene rings is 1. The lowest BCUT2D eigenvalue weighted by atomic mass is 9.99. The minimum Gasteiger partial charge on any atom is -0.493 e. The van der Waals surface area contributed by atoms with E-state index in [1.807, 2.05) is 12.1 Å². The van der Waals surface area contributed by atoms with Gasteiger partial charge in [-0.25, -0.2) is 0 Å². The van der Waals surface area contributed by atoms with Gasteiger partial charge in [-0.2, -0.15) is 0 Å². The molecule has 0 saturated carbocycles. The lowest BCUT2D eigenvalue weighted by molar-refractivity contribution is 0.0519. The molecule has 2 rings (SSSR count). The van der Waals surface area contributed by atoms with Crippen molar-refractivity contribution in [2.75, 3.05) is 54.6 Å². The van der Waals surface area contributed by atoms with Gasteiger partial charge in [-0.15, -0.1) is 0 Å². The predicted octanol–water partition coefficient (Wildman–Crippen LogP) is 1.74. The maximum absolute atomic E-state index is 6.17. The highest BCUT2D eigenvalue weighted by Gasteiger charge is 2.31. The van der Waals surface area contributed by atoms with Crippen LogP contribution in [0, 0.1) is 0 Å². The molecule has 1 heterocycles. The Morgan fingerprint density at radius 1 is 1.12 bits per heavy atom. The average molecular weight is 337 g/mol. The van der Waals surface area contributed by atoms with Crippen LogP contribution in [0.5, 0.6) is 17.2 Å². The molecular weight excluding hydrogens is 306 g/mol. The summed E-state index contributed by atoms with van der Waals surface area (Å²) in [5.41, 5.74) is 7.28. The van der Waals surface area contributed by atoms with Gasteiger partial charge in [0, 0.05) is 38.3 Å². The topological polar surface area (TPSA) is 60.2 Å². The van der Waals surface area contributed by atoms with Crippen LogP contribution in [0.15, 0.2) is 12.1 Å². The van der Waals surface area contributed by atoms with Crippen LogP contribution < -0.4 is 19.9 Å². The molecule has 0 spiro atoms. The summed E-state index contributed by atoms with van der Waals surface area (Å²) in [7, 11) is 7.08. The number of hydrogen-bond acceptors (Lipinski definition) is 6. The van der Waals surface area contributed by atoms with E-state index in [4.69, 9.17) is 19.9 Å². The molecule has 1 aromatic carbocycles. The van der Waals surface area contributed by atoms with Crippen molar-refractivity contribution >= 4 is 0 Å². The predicted molar refractivity (Wildman–Crippen MR) is 96.2 cm³/mol. The van der Waals surface area contributed by atoms with E-state index >= 15 is 0 Å². The summed E-state index contributed by atoms with van der Waals surface area (Å²) in [4.78, 5) is 4.90. The molecule has 0 bridgehead atoms. The van der Waals surface area contributed by atoms with Crippen LogP contribution in [0.25, 0.3) is 0 Å². The lowest BCUT2D eigenvalue weighted by Gasteiger charge is -2.44. The Hall–Kier alpha value is -1.50. The fourth-order valence-electron chi connectivity index (χ4n) is 3.56. The van der Waals surface area contributed by atoms with E-state index in [-0.39, 0.29) is 6.04 Å². The number of hydrogen-bond donors (Lipinski definition) is 1. The van der Waals surface area contributed by atoms with Gasteiger partial charge in [0.05, 0.1) is 21.3 Å². The molecule has 2 unspecified atom stereocenters. The number of nitrogens with two attached hydrogens (primary N) is 1. The minimum atomic E-state index is 0.136. The molecule has 1 aliphatic rings. The highest BCUT2D eigenvalue weighted by Crippen LogP contribution is 2.41. The zero-order valence-corrected chi connectivity index (χ0v) is 15.5. The molecule has 1 aliphatic heterocycles. The van der Waals surface area contributed by atoms with Crippen LogP contribution in [0.4, 0.5) is 0 Å². The molecule has 2 atom stereocenters. The van der Waals surface area contributed by atoms with Crippen molar-refractivity contribution < 1.29 is 14.2 Å². The first-order chi connectivity index (χ1) is 11.6. The van der Waals surface area contributed by atoms with Gasteiger partial charge in [-0.3, -0.25) is 4.90 Å². The Morgan fingerprint density at radius 2 is 1.75 bits per heavy atom. The molecule has 2 N–H and O–H groups in total. The minimum absolute atomic E-state index is 0.136. The third-order valence-electron chi connectivity index (χ3n) is 4.90. The molecule has 1 aromatic rings. The third kappa shape index (κ3) is 3.77. The molecular formula is C18H31N3O3. The second-order valence-corrected chi connectivity index (χ2v) is 6.27. The van der Waals surface area contributed by atoms with Gasteiger partial charge in [-0.05, 0) is 31.2 Å². The van der Waals surface area contributed by atoms with E-state index in [2.05, 4.69) is 23.8 Å². The zero-order valence-electron chi connectivity index (χ0n) is 15.5. The highest BCUT2D eigenvalue weighted by molar-refractivity contribution is 5.54. The quantitative estimate of drug-likeness (QED) is 0.818. The molecule has 0 radical (unpaired) electrons. The van der Waals surface area contributed by atoms with Gasteiger partial charge in [0.15, 0.2) is 11.5 Å². The Bertz CT molecular complexity index is 513. The van der Waals surface area contributed by atoms with Gasteiger partial charge in [-0.1, -0.05) is 6.92 Å². The van der Waals surface area contributed by atoms with Gasteiger partial charge in [0.25, 0.3) is 0 Å². The van der Waals surface area contributed by atoms with E-state index in [0.717, 1.165) is 31.6 Å². The molecule has 0 aromatic heterocycles. The van der Waals surface area contributed by atoms with Crippen LogP contribution in [0.1, 0.15) is 24.9 Å². The summed E-state index contributed by atoms with van der Waals surface area (Å²) < 4.78 is 16.4. The average Bonchev–Trinajstić information content (AvgIpc) is 2.62. The van der Waals surface area contributed by atoms with Gasteiger partial charge in [0.2, 0.25) is 5.75 Å². The van der Waals surface area contributed by atoms with E-state index in [1.54, 1.807) is 21.3 Å². The van der Waals surface area contributed by atoms with Gasteiger partial charge in [0.1, 0.15) is 0 Å². The van der Waals surface area contributed by atoms with Crippen LogP contribution >= 0.6 is 0 Å². The third-order valence-corrected chi connectivity index (χ3v) is 4.90. The van der Waals surface area contributed by atoms with Crippen LogP contribution in [-0.2, 0) is 0 Å². The standard InChI is InChI=1S/C18H31N3O3/c1-6-14-12-20(2)7-8-21(14)15(11-19)13-9-16(22-3)18(24-5)17(10-13)23-4/h9-10,14-15H,6-8,11-12,19H2,1-5H3. The lowest BCUT2D eigenvalue weighted by Crippen LogP contribution is -2.53. The monoisotopic (exact) mass is 337 g/mol. The van der Waals surface area contributed by atoms with E-state index < -0.39 is 0 Å². The van der Waals surface area contributed by atoms with Crippen molar-refractivity contribution in [2.45, 2.75) is 25.4 Å². The van der Waals surface area contributed by atoms with Crippen LogP contribution in [0.3, 0.4) is 0 Å². The maximum Gasteiger partial charge on any atom is 0.203 e. The summed E-state index contributed by atoms with van der Waals surface area (Å²) in [6.07, 6.45) is 1.10. The van der Waals surface area contributed by atoms with Crippen LogP contribution in [0.2, 0.25) is 0 Å². The fraction of sp³-hybridized carbons (Fsp3) is 0.667. The molecule has 1 fully saturated rings. The first-order valence-corrected chi connectivity index (χ1v) is 8.53. The first-order valence-electron chi connectivity index (χ1n) is 8.53. The zero-order chi connectivity index (χ0) is 17.7. The maximum atomic E-state index is 6.17. The Kier molecular flexibility index (Phi) is 6.71. The molecule has 1 saturated heterocycles. The summed E-state index contributed by atoms with van der Waals surface area (Å²) in [6.45, 7) is 5.92. The highest BCUT2D eigenvalue weighted by atomic mass is 16.5. The number of methoxy groups -OCH3 is 3. The van der Waals surface area contributed by atoms with Crippen LogP contribution in [-0.4, -0.2) is 70.4 Å². The van der Waals surface area contributed by atoms with Gasteiger partial charge < -0.3 is 24.8 Å². The van der Waals surface area contributed by atoms with Crippen molar-refractivity contribution in [1.29, 1.82) is 0 Å². The number of ether oxygens (including phenoxy) is 3. The Morgan fingerprint density at radius 3 is 2.21 bits per heavy atom. The molecule has 6 nitrogen and oxygen atoms in total. The molecule has 136 valence electrons. The summed E-state index contributed by atoms with van der Waals surface area (Å²) in [5.74, 6) is 1.96. The second-order valence-electron chi connectivity index (χ2n) is 6.27. The number of piperazine rings is 1. The van der Waals surface area contributed by atoms with E-state index in [1.165, 1.54) is 0 Å². The summed E-state index contributed by atoms with van der Waals surface area (Å²) >= 11 is 0. The Labute approximate surface area is 145 Å². The normalized spacial score (nSPS) is 20.7. The largest absolute Gasteiger partial charge is 0.493 e. The number of rotatable bonds is 7.